The second kappa shape index (κ2) is 9.71. The summed E-state index contributed by atoms with van der Waals surface area (Å²) >= 11 is 0. The molecule has 0 bridgehead atoms. The molecule has 0 aliphatic carbocycles. The lowest BCUT2D eigenvalue weighted by Crippen LogP contribution is -2.49. The van der Waals surface area contributed by atoms with Gasteiger partial charge in [0.1, 0.15) is 12.1 Å². The molecule has 2 aromatic carbocycles. The van der Waals surface area contributed by atoms with E-state index in [2.05, 4.69) is 0 Å². The lowest BCUT2D eigenvalue weighted by Gasteiger charge is -2.40. The van der Waals surface area contributed by atoms with Crippen molar-refractivity contribution < 1.29 is 36.8 Å². The zero-order chi connectivity index (χ0) is 24.3. The second-order valence-electron chi connectivity index (χ2n) is 8.39. The van der Waals surface area contributed by atoms with E-state index in [1.807, 2.05) is 0 Å². The minimum Gasteiger partial charge on any atom is -0.358 e. The fraction of sp³-hybridized carbons (Fsp3) is 0.417. The molecule has 2 saturated heterocycles. The molecule has 2 unspecified atom stereocenters. The van der Waals surface area contributed by atoms with Crippen molar-refractivity contribution in [1.82, 2.24) is 10.1 Å². The Morgan fingerprint density at radius 1 is 0.676 bits per heavy atom. The quantitative estimate of drug-likeness (QED) is 0.461. The van der Waals surface area contributed by atoms with E-state index in [0.29, 0.717) is 0 Å². The van der Waals surface area contributed by atoms with Gasteiger partial charge in [-0.15, -0.1) is 10.1 Å². The third-order valence-electron chi connectivity index (χ3n) is 5.95. The van der Waals surface area contributed by atoms with E-state index in [1.54, 1.807) is 36.4 Å². The Labute approximate surface area is 193 Å². The summed E-state index contributed by atoms with van der Waals surface area (Å²) < 4.78 is 58.9. The molecule has 0 aromatic heterocycles. The molecule has 2 atom stereocenters. The molecule has 0 saturated carbocycles. The lowest BCUT2D eigenvalue weighted by atomic mass is 9.93. The Kier molecular flexibility index (Phi) is 6.90. The minimum absolute atomic E-state index is 0.0252. The zero-order valence-corrected chi connectivity index (χ0v) is 18.2. The summed E-state index contributed by atoms with van der Waals surface area (Å²) in [4.78, 5) is 35.0. The molecule has 34 heavy (non-hydrogen) atoms. The highest BCUT2D eigenvalue weighted by Gasteiger charge is 2.51. The van der Waals surface area contributed by atoms with Crippen LogP contribution in [0.4, 0.5) is 17.6 Å². The van der Waals surface area contributed by atoms with Gasteiger partial charge >= 0.3 is 11.9 Å². The predicted molar refractivity (Wildman–Crippen MR) is 112 cm³/mol. The first-order valence-electron chi connectivity index (χ1n) is 11.0. The number of carbonyl (C=O) groups is 2. The van der Waals surface area contributed by atoms with E-state index >= 15 is 0 Å². The predicted octanol–water partition coefficient (Wildman–Crippen LogP) is 4.85. The van der Waals surface area contributed by atoms with E-state index in [4.69, 9.17) is 9.68 Å². The van der Waals surface area contributed by atoms with Gasteiger partial charge in [-0.25, -0.2) is 27.2 Å². The second-order valence-corrected chi connectivity index (χ2v) is 8.39. The monoisotopic (exact) mass is 480 g/mol. The van der Waals surface area contributed by atoms with E-state index in [9.17, 15) is 27.2 Å². The molecule has 2 fully saturated rings. The molecule has 182 valence electrons. The summed E-state index contributed by atoms with van der Waals surface area (Å²) in [7, 11) is 0. The molecule has 6 nitrogen and oxygen atoms in total. The Bertz CT molecular complexity index is 925. The number of hydrogen-bond donors (Lipinski definition) is 0. The van der Waals surface area contributed by atoms with E-state index in [-0.39, 0.29) is 37.1 Å². The van der Waals surface area contributed by atoms with Crippen LogP contribution in [0.5, 0.6) is 0 Å². The first-order chi connectivity index (χ1) is 16.2. The molecule has 2 heterocycles. The van der Waals surface area contributed by atoms with Crippen LogP contribution in [0.25, 0.3) is 0 Å². The molecule has 2 aliphatic heterocycles. The first kappa shape index (κ1) is 24.2. The highest BCUT2D eigenvalue weighted by Crippen LogP contribution is 2.44. The smallest absolute Gasteiger partial charge is 0.358 e. The number of rotatable bonds is 4. The van der Waals surface area contributed by atoms with Gasteiger partial charge in [0.25, 0.3) is 11.8 Å². The fourth-order valence-electron chi connectivity index (χ4n) is 4.47. The average molecular weight is 480 g/mol. The van der Waals surface area contributed by atoms with Crippen molar-refractivity contribution in [2.75, 3.05) is 13.1 Å². The maximum atomic E-state index is 14.7. The number of nitrogens with zero attached hydrogens (tertiary/aromatic N) is 2. The molecule has 2 aromatic rings. The number of piperidine rings is 2. The van der Waals surface area contributed by atoms with Crippen molar-refractivity contribution in [3.63, 3.8) is 0 Å². The van der Waals surface area contributed by atoms with Crippen molar-refractivity contribution >= 4 is 11.9 Å². The molecule has 0 spiro atoms. The standard InChI is InChI=1S/C24H24F4N2O4/c25-23(26)13-7-15-29(19(23)17-9-3-1-4-10-17)33-21(31)22(32)34-30-16-8-14-24(27,28)20(30)18-11-5-2-6-12-18/h1-6,9-12,19-20H,7-8,13-16H2. The van der Waals surface area contributed by atoms with Crippen LogP contribution in [0.1, 0.15) is 48.9 Å². The van der Waals surface area contributed by atoms with Gasteiger partial charge in [-0.05, 0) is 24.0 Å². The van der Waals surface area contributed by atoms with Gasteiger partial charge in [-0.2, -0.15) is 0 Å². The summed E-state index contributed by atoms with van der Waals surface area (Å²) in [5.41, 5.74) is 0.432. The van der Waals surface area contributed by atoms with E-state index < -0.39 is 48.7 Å². The Balaban J connectivity index is 1.49. The van der Waals surface area contributed by atoms with Gasteiger partial charge in [-0.1, -0.05) is 60.7 Å². The van der Waals surface area contributed by atoms with Crippen LogP contribution < -0.4 is 0 Å². The summed E-state index contributed by atoms with van der Waals surface area (Å²) in [6.45, 7) is -0.0504. The topological polar surface area (TPSA) is 59.1 Å². The zero-order valence-electron chi connectivity index (χ0n) is 18.2. The Morgan fingerprint density at radius 2 is 1.03 bits per heavy atom. The minimum atomic E-state index is -3.21. The first-order valence-corrected chi connectivity index (χ1v) is 11.0. The normalized spacial score (nSPS) is 24.8. The van der Waals surface area contributed by atoms with Gasteiger partial charge in [0.15, 0.2) is 0 Å². The molecule has 2 aliphatic rings. The maximum Gasteiger partial charge on any atom is 0.438 e. The van der Waals surface area contributed by atoms with Crippen LogP contribution >= 0.6 is 0 Å². The number of benzene rings is 2. The number of halogens is 4. The van der Waals surface area contributed by atoms with Crippen molar-refractivity contribution in [2.24, 2.45) is 0 Å². The number of carbonyl (C=O) groups excluding carboxylic acids is 2. The van der Waals surface area contributed by atoms with Gasteiger partial charge in [0.05, 0.1) is 0 Å². The number of alkyl halides is 4. The highest BCUT2D eigenvalue weighted by atomic mass is 19.3. The van der Waals surface area contributed by atoms with Gasteiger partial charge in [0.2, 0.25) is 0 Å². The number of hydroxylamine groups is 4. The maximum absolute atomic E-state index is 14.7. The molecule has 10 heteroatoms. The van der Waals surface area contributed by atoms with Gasteiger partial charge < -0.3 is 9.68 Å². The molecular weight excluding hydrogens is 456 g/mol. The molecular formula is C24H24F4N2O4. The number of hydrogen-bond acceptors (Lipinski definition) is 6. The van der Waals surface area contributed by atoms with E-state index in [1.165, 1.54) is 24.3 Å². The van der Waals surface area contributed by atoms with Crippen LogP contribution in [-0.2, 0) is 19.3 Å². The van der Waals surface area contributed by atoms with E-state index in [0.717, 1.165) is 10.1 Å². The highest BCUT2D eigenvalue weighted by molar-refractivity contribution is 6.29. The van der Waals surface area contributed by atoms with Crippen LogP contribution in [0.3, 0.4) is 0 Å². The van der Waals surface area contributed by atoms with Gasteiger partial charge in [0, 0.05) is 25.9 Å². The van der Waals surface area contributed by atoms with Crippen LogP contribution in [0, 0.1) is 0 Å². The van der Waals surface area contributed by atoms with Gasteiger partial charge in [-0.3, -0.25) is 0 Å². The third kappa shape index (κ3) is 5.07. The molecule has 0 radical (unpaired) electrons. The summed E-state index contributed by atoms with van der Waals surface area (Å²) in [5, 5.41) is 1.53. The Morgan fingerprint density at radius 3 is 1.38 bits per heavy atom. The molecule has 4 rings (SSSR count). The largest absolute Gasteiger partial charge is 0.438 e. The Hall–Kier alpha value is -2.98. The summed E-state index contributed by atoms with van der Waals surface area (Å²) in [5.74, 6) is -9.53. The van der Waals surface area contributed by atoms with Crippen molar-refractivity contribution in [2.45, 2.75) is 49.6 Å². The van der Waals surface area contributed by atoms with Crippen molar-refractivity contribution in [1.29, 1.82) is 0 Å². The van der Waals surface area contributed by atoms with Crippen molar-refractivity contribution in [3.8, 4) is 0 Å². The summed E-state index contributed by atoms with van der Waals surface area (Å²) in [6.07, 6.45) is -0.750. The fourth-order valence-corrected chi connectivity index (χ4v) is 4.47. The molecule has 0 amide bonds. The molecule has 0 N–H and O–H groups in total. The van der Waals surface area contributed by atoms with Crippen LogP contribution in [-0.4, -0.2) is 47.0 Å². The van der Waals surface area contributed by atoms with Crippen LogP contribution in [0.2, 0.25) is 0 Å². The SMILES string of the molecule is O=C(ON1CCCC(F)(F)C1c1ccccc1)C(=O)ON1CCCC(F)(F)C1c1ccccc1. The lowest BCUT2D eigenvalue weighted by molar-refractivity contribution is -0.269. The summed E-state index contributed by atoms with van der Waals surface area (Å²) in [6, 6.07) is 12.4. The van der Waals surface area contributed by atoms with Crippen LogP contribution in [0.15, 0.2) is 60.7 Å². The average Bonchev–Trinajstić information content (AvgIpc) is 2.79. The van der Waals surface area contributed by atoms with Crippen molar-refractivity contribution in [3.05, 3.63) is 71.8 Å². The third-order valence-corrected chi connectivity index (χ3v) is 5.95.